The van der Waals surface area contributed by atoms with E-state index in [4.69, 9.17) is 9.05 Å². The Kier molecular flexibility index (Phi) is 4.04. The van der Waals surface area contributed by atoms with Crippen LogP contribution in [0.3, 0.4) is 0 Å². The van der Waals surface area contributed by atoms with E-state index in [2.05, 4.69) is 4.98 Å². The molecule has 0 spiro atoms. The fraction of sp³-hybridized carbons (Fsp3) is 0.500. The number of amides is 1. The Hall–Kier alpha value is -1.23. The number of rotatable bonds is 5. The van der Waals surface area contributed by atoms with Crippen molar-refractivity contribution in [3.05, 3.63) is 29.6 Å². The van der Waals surface area contributed by atoms with Gasteiger partial charge in [-0.1, -0.05) is 0 Å². The van der Waals surface area contributed by atoms with E-state index in [-0.39, 0.29) is 19.1 Å². The van der Waals surface area contributed by atoms with Gasteiger partial charge in [0, 0.05) is 13.2 Å². The molecular weight excluding hydrogens is 267 g/mol. The minimum absolute atomic E-state index is 0.215. The second-order valence-corrected chi connectivity index (χ2v) is 6.19. The summed E-state index contributed by atoms with van der Waals surface area (Å²) < 4.78 is 23.5. The summed E-state index contributed by atoms with van der Waals surface area (Å²) in [6, 6.07) is 3.35. The van der Waals surface area contributed by atoms with Crippen molar-refractivity contribution >= 4 is 13.5 Å². The third kappa shape index (κ3) is 2.31. The highest BCUT2D eigenvalue weighted by Gasteiger charge is 2.49. The standard InChI is InChI=1S/C12H17N2O4P/c1-4-17-19(16,18-5-2)12-10-9(7-6-8-13-10)11(15)14(12)3/h6-8,12H,4-5H2,1-3H3. The second-order valence-electron chi connectivity index (χ2n) is 4.10. The monoisotopic (exact) mass is 284 g/mol. The van der Waals surface area contributed by atoms with Gasteiger partial charge in [0.1, 0.15) is 0 Å². The normalized spacial score (nSPS) is 18.8. The van der Waals surface area contributed by atoms with Gasteiger partial charge in [-0.2, -0.15) is 0 Å². The van der Waals surface area contributed by atoms with Crippen molar-refractivity contribution in [3.8, 4) is 0 Å². The third-order valence-corrected chi connectivity index (χ3v) is 5.34. The molecule has 1 aromatic rings. The second kappa shape index (κ2) is 5.41. The van der Waals surface area contributed by atoms with Crippen LogP contribution in [0.2, 0.25) is 0 Å². The summed E-state index contributed by atoms with van der Waals surface area (Å²) in [6.07, 6.45) is 1.57. The average molecular weight is 284 g/mol. The number of carbonyl (C=O) groups excluding carboxylic acids is 1. The number of hydrogen-bond acceptors (Lipinski definition) is 5. The van der Waals surface area contributed by atoms with E-state index in [1.807, 2.05) is 0 Å². The van der Waals surface area contributed by atoms with Crippen LogP contribution in [-0.4, -0.2) is 36.1 Å². The van der Waals surface area contributed by atoms with Gasteiger partial charge in [0.05, 0.1) is 24.5 Å². The molecule has 1 aliphatic rings. The molecule has 6 nitrogen and oxygen atoms in total. The number of fused-ring (bicyclic) bond motifs is 1. The smallest absolute Gasteiger partial charge is 0.322 e. The van der Waals surface area contributed by atoms with Crippen LogP contribution in [0.5, 0.6) is 0 Å². The fourth-order valence-corrected chi connectivity index (χ4v) is 4.30. The minimum Gasteiger partial charge on any atom is -0.322 e. The van der Waals surface area contributed by atoms with Crippen molar-refractivity contribution in [2.75, 3.05) is 20.3 Å². The zero-order valence-corrected chi connectivity index (χ0v) is 12.1. The highest BCUT2D eigenvalue weighted by molar-refractivity contribution is 7.54. The Morgan fingerprint density at radius 2 is 2.00 bits per heavy atom. The predicted molar refractivity (Wildman–Crippen MR) is 69.9 cm³/mol. The molecule has 1 unspecified atom stereocenters. The average Bonchev–Trinajstić information content (AvgIpc) is 2.64. The van der Waals surface area contributed by atoms with Gasteiger partial charge in [0.25, 0.3) is 5.91 Å². The lowest BCUT2D eigenvalue weighted by molar-refractivity contribution is 0.0782. The molecule has 0 bridgehead atoms. The molecule has 104 valence electrons. The molecule has 1 aliphatic heterocycles. The van der Waals surface area contributed by atoms with Gasteiger partial charge in [-0.15, -0.1) is 0 Å². The Bertz CT molecular complexity index is 524. The number of pyridine rings is 1. The molecule has 0 radical (unpaired) electrons. The number of carbonyl (C=O) groups is 1. The van der Waals surface area contributed by atoms with Crippen LogP contribution in [-0.2, 0) is 13.6 Å². The summed E-state index contributed by atoms with van der Waals surface area (Å²) in [6.45, 7) is 3.97. The number of nitrogens with zero attached hydrogens (tertiary/aromatic N) is 2. The van der Waals surface area contributed by atoms with Crippen molar-refractivity contribution in [1.82, 2.24) is 9.88 Å². The van der Waals surface area contributed by atoms with Crippen LogP contribution in [0.15, 0.2) is 18.3 Å². The molecule has 0 N–H and O–H groups in total. The Morgan fingerprint density at radius 3 is 2.58 bits per heavy atom. The largest absolute Gasteiger partial charge is 0.359 e. The van der Waals surface area contributed by atoms with Gasteiger partial charge >= 0.3 is 7.60 Å². The van der Waals surface area contributed by atoms with E-state index >= 15 is 0 Å². The SMILES string of the molecule is CCOP(=O)(OCC)C1c2ncccc2C(=O)N1C. The molecule has 0 saturated carbocycles. The molecule has 0 saturated heterocycles. The molecule has 2 heterocycles. The fourth-order valence-electron chi connectivity index (χ4n) is 2.19. The van der Waals surface area contributed by atoms with E-state index in [0.717, 1.165) is 0 Å². The lowest BCUT2D eigenvalue weighted by atomic mass is 10.2. The predicted octanol–water partition coefficient (Wildman–Crippen LogP) is 2.43. The van der Waals surface area contributed by atoms with Gasteiger partial charge in [-0.05, 0) is 26.0 Å². The third-order valence-electron chi connectivity index (χ3n) is 2.92. The summed E-state index contributed by atoms with van der Waals surface area (Å²) in [5.41, 5.74) is 0.912. The van der Waals surface area contributed by atoms with E-state index in [0.29, 0.717) is 11.3 Å². The van der Waals surface area contributed by atoms with E-state index in [9.17, 15) is 9.36 Å². The molecule has 19 heavy (non-hydrogen) atoms. The molecule has 0 fully saturated rings. The van der Waals surface area contributed by atoms with Crippen LogP contribution in [0.4, 0.5) is 0 Å². The molecule has 7 heteroatoms. The zero-order chi connectivity index (χ0) is 14.0. The lowest BCUT2D eigenvalue weighted by Crippen LogP contribution is -2.24. The summed E-state index contributed by atoms with van der Waals surface area (Å²) in [7, 11) is -1.87. The first kappa shape index (κ1) is 14.2. The number of hydrogen-bond donors (Lipinski definition) is 0. The molecule has 0 aliphatic carbocycles. The topological polar surface area (TPSA) is 68.7 Å². The molecule has 2 rings (SSSR count). The van der Waals surface area contributed by atoms with Gasteiger partial charge < -0.3 is 13.9 Å². The highest BCUT2D eigenvalue weighted by Crippen LogP contribution is 2.63. The first-order chi connectivity index (χ1) is 9.05. The summed E-state index contributed by atoms with van der Waals surface area (Å²) in [5, 5.41) is 0. The van der Waals surface area contributed by atoms with Crippen LogP contribution >= 0.6 is 7.60 Å². The highest BCUT2D eigenvalue weighted by atomic mass is 31.2. The first-order valence-corrected chi connectivity index (χ1v) is 7.77. The van der Waals surface area contributed by atoms with Crippen molar-refractivity contribution in [2.45, 2.75) is 19.6 Å². The van der Waals surface area contributed by atoms with Gasteiger partial charge in [-0.25, -0.2) is 0 Å². The molecular formula is C12H17N2O4P. The maximum atomic E-state index is 12.9. The summed E-state index contributed by atoms with van der Waals surface area (Å²) in [4.78, 5) is 17.7. The molecule has 1 atom stereocenters. The zero-order valence-electron chi connectivity index (χ0n) is 11.2. The van der Waals surface area contributed by atoms with Crippen molar-refractivity contribution < 1.29 is 18.4 Å². The van der Waals surface area contributed by atoms with Crippen LogP contribution in [0.1, 0.15) is 35.7 Å². The molecule has 1 aromatic heterocycles. The van der Waals surface area contributed by atoms with Crippen molar-refractivity contribution in [3.63, 3.8) is 0 Å². The van der Waals surface area contributed by atoms with E-state index in [1.165, 1.54) is 4.90 Å². The maximum absolute atomic E-state index is 12.9. The Morgan fingerprint density at radius 1 is 1.37 bits per heavy atom. The summed E-state index contributed by atoms with van der Waals surface area (Å²) in [5.74, 6) is -0.983. The summed E-state index contributed by atoms with van der Waals surface area (Å²) >= 11 is 0. The van der Waals surface area contributed by atoms with Crippen LogP contribution < -0.4 is 0 Å². The Balaban J connectivity index is 2.49. The van der Waals surface area contributed by atoms with Crippen molar-refractivity contribution in [2.24, 2.45) is 0 Å². The van der Waals surface area contributed by atoms with Gasteiger partial charge in [0.2, 0.25) is 0 Å². The van der Waals surface area contributed by atoms with E-state index < -0.39 is 13.4 Å². The van der Waals surface area contributed by atoms with Crippen LogP contribution in [0, 0.1) is 0 Å². The van der Waals surface area contributed by atoms with E-state index in [1.54, 1.807) is 39.2 Å². The molecule has 0 aromatic carbocycles. The maximum Gasteiger partial charge on any atom is 0.359 e. The molecule has 1 amide bonds. The Labute approximate surface area is 112 Å². The quantitative estimate of drug-likeness (QED) is 0.777. The first-order valence-electron chi connectivity index (χ1n) is 6.16. The van der Waals surface area contributed by atoms with Crippen LogP contribution in [0.25, 0.3) is 0 Å². The van der Waals surface area contributed by atoms with Gasteiger partial charge in [0.15, 0.2) is 5.78 Å². The van der Waals surface area contributed by atoms with Crippen molar-refractivity contribution in [1.29, 1.82) is 0 Å². The number of aromatic nitrogens is 1. The lowest BCUT2D eigenvalue weighted by Gasteiger charge is -2.27. The minimum atomic E-state index is -3.45. The van der Waals surface area contributed by atoms with Gasteiger partial charge in [-0.3, -0.25) is 14.3 Å².